The third-order valence-corrected chi connectivity index (χ3v) is 7.16. The number of carbonyl (C=O) groups is 1. The van der Waals surface area contributed by atoms with Crippen LogP contribution in [0.2, 0.25) is 0 Å². The molecule has 0 aliphatic carbocycles. The van der Waals surface area contributed by atoms with Crippen LogP contribution < -0.4 is 5.32 Å². The van der Waals surface area contributed by atoms with Gasteiger partial charge in [-0.2, -0.15) is 0 Å². The van der Waals surface area contributed by atoms with Gasteiger partial charge in [0.25, 0.3) is 0 Å². The molecule has 2 aliphatic rings. The van der Waals surface area contributed by atoms with Crippen molar-refractivity contribution in [3.63, 3.8) is 0 Å². The highest BCUT2D eigenvalue weighted by molar-refractivity contribution is 5.68. The molecular formula is C27H38N4O2. The van der Waals surface area contributed by atoms with Gasteiger partial charge >= 0.3 is 5.97 Å². The SMILES string of the molecule is CN(CC(CC(=O)O)c1ccccc1)C1CCCN(CCCc2ccc3c(n2)NCCC3)C1. The number of likely N-dealkylation sites (tertiary alicyclic amines) is 1. The summed E-state index contributed by atoms with van der Waals surface area (Å²) in [5, 5.41) is 12.9. The quantitative estimate of drug-likeness (QED) is 0.570. The zero-order valence-electron chi connectivity index (χ0n) is 19.9. The number of rotatable bonds is 10. The number of likely N-dealkylation sites (N-methyl/N-ethyl adjacent to an activating group) is 1. The molecule has 2 aliphatic heterocycles. The van der Waals surface area contributed by atoms with E-state index in [9.17, 15) is 9.90 Å². The average molecular weight is 451 g/mol. The number of aliphatic carboxylic acids is 1. The fourth-order valence-corrected chi connectivity index (χ4v) is 5.31. The van der Waals surface area contributed by atoms with Gasteiger partial charge < -0.3 is 20.2 Å². The maximum atomic E-state index is 11.5. The molecule has 2 unspecified atom stereocenters. The molecule has 6 nitrogen and oxygen atoms in total. The third kappa shape index (κ3) is 6.78. The van der Waals surface area contributed by atoms with E-state index < -0.39 is 5.97 Å². The molecule has 6 heteroatoms. The molecule has 3 heterocycles. The van der Waals surface area contributed by atoms with E-state index >= 15 is 0 Å². The largest absolute Gasteiger partial charge is 0.481 e. The molecule has 0 bridgehead atoms. The van der Waals surface area contributed by atoms with Crippen molar-refractivity contribution in [1.82, 2.24) is 14.8 Å². The molecule has 0 saturated carbocycles. The predicted molar refractivity (Wildman–Crippen MR) is 133 cm³/mol. The Morgan fingerprint density at radius 1 is 1.24 bits per heavy atom. The Morgan fingerprint density at radius 2 is 2.09 bits per heavy atom. The second kappa shape index (κ2) is 11.6. The van der Waals surface area contributed by atoms with E-state index in [1.54, 1.807) is 0 Å². The minimum atomic E-state index is -0.728. The first-order chi connectivity index (χ1) is 16.1. The highest BCUT2D eigenvalue weighted by Crippen LogP contribution is 2.24. The summed E-state index contributed by atoms with van der Waals surface area (Å²) in [7, 11) is 2.16. The zero-order valence-corrected chi connectivity index (χ0v) is 19.9. The molecule has 1 aromatic carbocycles. The summed E-state index contributed by atoms with van der Waals surface area (Å²) in [5.41, 5.74) is 3.66. The molecule has 4 rings (SSSR count). The first-order valence-corrected chi connectivity index (χ1v) is 12.5. The monoisotopic (exact) mass is 450 g/mol. The van der Waals surface area contributed by atoms with Gasteiger partial charge in [-0.25, -0.2) is 4.98 Å². The van der Waals surface area contributed by atoms with E-state index in [0.717, 1.165) is 63.4 Å². The number of pyridine rings is 1. The standard InChI is InChI=1S/C27H38N4O2/c1-30(19-23(18-26(32)33)21-8-3-2-4-9-21)25-12-7-17-31(20-25)16-6-11-24-14-13-22-10-5-15-28-27(22)29-24/h2-4,8-9,13-14,23,25H,5-7,10-12,15-20H2,1H3,(H,28,29)(H,32,33). The molecule has 0 radical (unpaired) electrons. The van der Waals surface area contributed by atoms with Gasteiger partial charge in [0.1, 0.15) is 5.82 Å². The van der Waals surface area contributed by atoms with Gasteiger partial charge in [-0.1, -0.05) is 36.4 Å². The van der Waals surface area contributed by atoms with Gasteiger partial charge in [-0.3, -0.25) is 4.79 Å². The zero-order chi connectivity index (χ0) is 23.0. The molecule has 2 atom stereocenters. The maximum Gasteiger partial charge on any atom is 0.304 e. The number of fused-ring (bicyclic) bond motifs is 1. The fourth-order valence-electron chi connectivity index (χ4n) is 5.31. The number of aromatic nitrogens is 1. The van der Waals surface area contributed by atoms with E-state index in [-0.39, 0.29) is 12.3 Å². The van der Waals surface area contributed by atoms with Crippen molar-refractivity contribution < 1.29 is 9.90 Å². The minimum absolute atomic E-state index is 0.0211. The number of nitrogens with one attached hydrogen (secondary N) is 1. The lowest BCUT2D eigenvalue weighted by Crippen LogP contribution is -2.47. The van der Waals surface area contributed by atoms with Crippen LogP contribution in [0.1, 0.15) is 54.8 Å². The van der Waals surface area contributed by atoms with Crippen LogP contribution in [-0.4, -0.2) is 71.7 Å². The lowest BCUT2D eigenvalue weighted by molar-refractivity contribution is -0.137. The summed E-state index contributed by atoms with van der Waals surface area (Å²) in [6, 6.07) is 15.0. The highest BCUT2D eigenvalue weighted by Gasteiger charge is 2.26. The molecule has 2 aromatic rings. The fraction of sp³-hybridized carbons (Fsp3) is 0.556. The molecular weight excluding hydrogens is 412 g/mol. The van der Waals surface area contributed by atoms with Crippen LogP contribution >= 0.6 is 0 Å². The smallest absolute Gasteiger partial charge is 0.304 e. The van der Waals surface area contributed by atoms with Crippen LogP contribution in [0.3, 0.4) is 0 Å². The Hall–Kier alpha value is -2.44. The number of anilines is 1. The van der Waals surface area contributed by atoms with Crippen molar-refractivity contribution in [1.29, 1.82) is 0 Å². The van der Waals surface area contributed by atoms with Crippen LogP contribution in [0.4, 0.5) is 5.82 Å². The summed E-state index contributed by atoms with van der Waals surface area (Å²) in [6.45, 7) is 5.11. The van der Waals surface area contributed by atoms with E-state index in [0.29, 0.717) is 6.04 Å². The van der Waals surface area contributed by atoms with Crippen LogP contribution in [-0.2, 0) is 17.6 Å². The van der Waals surface area contributed by atoms with Gasteiger partial charge in [-0.05, 0) is 75.9 Å². The Balaban J connectivity index is 1.27. The predicted octanol–water partition coefficient (Wildman–Crippen LogP) is 4.03. The molecule has 0 amide bonds. The van der Waals surface area contributed by atoms with Crippen molar-refractivity contribution in [2.75, 3.05) is 45.1 Å². The average Bonchev–Trinajstić information content (AvgIpc) is 2.84. The Bertz CT molecular complexity index is 904. The van der Waals surface area contributed by atoms with Crippen LogP contribution in [0.25, 0.3) is 0 Å². The number of aryl methyl sites for hydroxylation is 2. The number of nitrogens with zero attached hydrogens (tertiary/aromatic N) is 3. The third-order valence-electron chi connectivity index (χ3n) is 7.16. The number of hydrogen-bond donors (Lipinski definition) is 2. The van der Waals surface area contributed by atoms with E-state index in [1.165, 1.54) is 30.5 Å². The number of benzene rings is 1. The van der Waals surface area contributed by atoms with E-state index in [1.807, 2.05) is 18.2 Å². The number of carboxylic acid groups (broad SMARTS) is 1. The van der Waals surface area contributed by atoms with Crippen molar-refractivity contribution in [3.05, 3.63) is 59.3 Å². The van der Waals surface area contributed by atoms with Crippen LogP contribution in [0.15, 0.2) is 42.5 Å². The lowest BCUT2D eigenvalue weighted by atomic mass is 9.94. The second-order valence-electron chi connectivity index (χ2n) is 9.69. The number of hydrogen-bond acceptors (Lipinski definition) is 5. The summed E-state index contributed by atoms with van der Waals surface area (Å²) in [5.74, 6) is 0.383. The van der Waals surface area contributed by atoms with Gasteiger partial charge in [0.05, 0.1) is 6.42 Å². The summed E-state index contributed by atoms with van der Waals surface area (Å²) in [6.07, 6.45) is 7.02. The van der Waals surface area contributed by atoms with Gasteiger partial charge in [0, 0.05) is 37.3 Å². The first-order valence-electron chi connectivity index (χ1n) is 12.5. The molecule has 1 fully saturated rings. The maximum absolute atomic E-state index is 11.5. The number of carboxylic acids is 1. The van der Waals surface area contributed by atoms with Crippen LogP contribution in [0.5, 0.6) is 0 Å². The normalized spacial score (nSPS) is 19.6. The highest BCUT2D eigenvalue weighted by atomic mass is 16.4. The molecule has 2 N–H and O–H groups in total. The molecule has 178 valence electrons. The van der Waals surface area contributed by atoms with Crippen molar-refractivity contribution in [2.24, 2.45) is 0 Å². The van der Waals surface area contributed by atoms with Gasteiger partial charge in [0.2, 0.25) is 0 Å². The van der Waals surface area contributed by atoms with Crippen molar-refractivity contribution >= 4 is 11.8 Å². The lowest BCUT2D eigenvalue weighted by Gasteiger charge is -2.39. The van der Waals surface area contributed by atoms with Crippen molar-refractivity contribution in [3.8, 4) is 0 Å². The molecule has 33 heavy (non-hydrogen) atoms. The Morgan fingerprint density at radius 3 is 2.91 bits per heavy atom. The molecule has 0 spiro atoms. The summed E-state index contributed by atoms with van der Waals surface area (Å²) >= 11 is 0. The minimum Gasteiger partial charge on any atom is -0.481 e. The van der Waals surface area contributed by atoms with E-state index in [2.05, 4.69) is 46.4 Å². The van der Waals surface area contributed by atoms with Gasteiger partial charge in [0.15, 0.2) is 0 Å². The summed E-state index contributed by atoms with van der Waals surface area (Å²) < 4.78 is 0. The van der Waals surface area contributed by atoms with Crippen molar-refractivity contribution in [2.45, 2.75) is 56.9 Å². The van der Waals surface area contributed by atoms with E-state index in [4.69, 9.17) is 4.98 Å². The number of piperidine rings is 1. The van der Waals surface area contributed by atoms with Crippen LogP contribution in [0, 0.1) is 0 Å². The summed E-state index contributed by atoms with van der Waals surface area (Å²) in [4.78, 5) is 21.3. The Kier molecular flexibility index (Phi) is 8.35. The Labute approximate surface area is 198 Å². The molecule has 1 aromatic heterocycles. The van der Waals surface area contributed by atoms with Gasteiger partial charge in [-0.15, -0.1) is 0 Å². The first kappa shape index (κ1) is 23.7. The molecule has 1 saturated heterocycles. The topological polar surface area (TPSA) is 68.7 Å². The second-order valence-corrected chi connectivity index (χ2v) is 9.69.